The number of fused-ring (bicyclic) bond motifs is 1. The van der Waals surface area contributed by atoms with Crippen molar-refractivity contribution in [3.05, 3.63) is 35.4 Å². The van der Waals surface area contributed by atoms with Gasteiger partial charge in [-0.3, -0.25) is 4.79 Å². The summed E-state index contributed by atoms with van der Waals surface area (Å²) in [6.45, 7) is -0.360. The minimum atomic E-state index is -1.39. The highest BCUT2D eigenvalue weighted by atomic mass is 16.3. The summed E-state index contributed by atoms with van der Waals surface area (Å²) in [6, 6.07) is 7.65. The van der Waals surface area contributed by atoms with E-state index in [2.05, 4.69) is 10.6 Å². The monoisotopic (exact) mass is 280 g/mol. The number of rotatable bonds is 5. The van der Waals surface area contributed by atoms with Crippen molar-refractivity contribution in [3.63, 3.8) is 0 Å². The molecule has 6 nitrogen and oxygen atoms in total. The number of benzene rings is 1. The average Bonchev–Trinajstić information content (AvgIpc) is 2.52. The maximum Gasteiger partial charge on any atom is 0.229 e. The zero-order valence-corrected chi connectivity index (χ0v) is 11.2. The molecule has 1 aliphatic rings. The molecule has 110 valence electrons. The predicted molar refractivity (Wildman–Crippen MR) is 73.0 cm³/mol. The summed E-state index contributed by atoms with van der Waals surface area (Å²) >= 11 is 0. The number of aliphatic hydroxyl groups is 3. The van der Waals surface area contributed by atoms with Crippen molar-refractivity contribution in [1.82, 2.24) is 10.6 Å². The Bertz CT molecular complexity index is 466. The molecule has 0 bridgehead atoms. The fourth-order valence-corrected chi connectivity index (χ4v) is 2.35. The molecule has 6 heteroatoms. The van der Waals surface area contributed by atoms with Crippen LogP contribution in [-0.4, -0.2) is 53.1 Å². The molecule has 5 N–H and O–H groups in total. The molecule has 0 aliphatic carbocycles. The largest absolute Gasteiger partial charge is 0.394 e. The third kappa shape index (κ3) is 2.83. The van der Waals surface area contributed by atoms with Crippen molar-refractivity contribution in [2.75, 3.05) is 26.4 Å². The highest BCUT2D eigenvalue weighted by molar-refractivity contribution is 5.85. The van der Waals surface area contributed by atoms with E-state index in [9.17, 15) is 20.1 Å². The first-order valence-electron chi connectivity index (χ1n) is 6.59. The van der Waals surface area contributed by atoms with Crippen LogP contribution in [0.2, 0.25) is 0 Å². The van der Waals surface area contributed by atoms with E-state index in [0.717, 1.165) is 11.1 Å². The molecule has 1 atom stereocenters. The first-order chi connectivity index (χ1) is 9.65. The van der Waals surface area contributed by atoms with Gasteiger partial charge in [0.15, 0.2) is 0 Å². The highest BCUT2D eigenvalue weighted by Gasteiger charge is 2.34. The van der Waals surface area contributed by atoms with Crippen molar-refractivity contribution in [2.45, 2.75) is 18.0 Å². The van der Waals surface area contributed by atoms with Crippen molar-refractivity contribution in [1.29, 1.82) is 0 Å². The van der Waals surface area contributed by atoms with Gasteiger partial charge in [0.25, 0.3) is 0 Å². The molecule has 1 heterocycles. The van der Waals surface area contributed by atoms with Gasteiger partial charge in [0.2, 0.25) is 5.91 Å². The summed E-state index contributed by atoms with van der Waals surface area (Å²) in [5.41, 5.74) is 0.608. The number of nitrogens with one attached hydrogen (secondary N) is 2. The molecule has 0 fully saturated rings. The molecule has 0 spiro atoms. The minimum absolute atomic E-state index is 0.318. The second kappa shape index (κ2) is 6.32. The molecule has 1 aromatic carbocycles. The van der Waals surface area contributed by atoms with E-state index in [4.69, 9.17) is 0 Å². The summed E-state index contributed by atoms with van der Waals surface area (Å²) < 4.78 is 0. The second-order valence-electron chi connectivity index (χ2n) is 5.13. The third-order valence-electron chi connectivity index (χ3n) is 3.71. The minimum Gasteiger partial charge on any atom is -0.394 e. The van der Waals surface area contributed by atoms with Crippen LogP contribution >= 0.6 is 0 Å². The summed E-state index contributed by atoms with van der Waals surface area (Å²) in [6.07, 6.45) is 0. The van der Waals surface area contributed by atoms with Crippen molar-refractivity contribution in [2.24, 2.45) is 0 Å². The zero-order chi connectivity index (χ0) is 14.6. The van der Waals surface area contributed by atoms with Crippen LogP contribution in [0.3, 0.4) is 0 Å². The Hall–Kier alpha value is -1.47. The molecular formula is C14H20N2O4. The van der Waals surface area contributed by atoms with Gasteiger partial charge in [-0.25, -0.2) is 0 Å². The molecule has 0 saturated carbocycles. The highest BCUT2D eigenvalue weighted by Crippen LogP contribution is 2.24. The van der Waals surface area contributed by atoms with Gasteiger partial charge in [0, 0.05) is 13.1 Å². The second-order valence-corrected chi connectivity index (χ2v) is 5.13. The van der Waals surface area contributed by atoms with Crippen LogP contribution in [0.25, 0.3) is 0 Å². The van der Waals surface area contributed by atoms with Crippen LogP contribution in [0.4, 0.5) is 0 Å². The van der Waals surface area contributed by atoms with E-state index < -0.39 is 31.3 Å². The van der Waals surface area contributed by atoms with Crippen LogP contribution in [-0.2, 0) is 11.3 Å². The van der Waals surface area contributed by atoms with Crippen molar-refractivity contribution in [3.8, 4) is 0 Å². The zero-order valence-electron chi connectivity index (χ0n) is 11.2. The van der Waals surface area contributed by atoms with Gasteiger partial charge in [-0.05, 0) is 11.1 Å². The number of hydrogen-bond acceptors (Lipinski definition) is 5. The molecule has 0 aromatic heterocycles. The number of carbonyl (C=O) groups is 1. The Kier molecular flexibility index (Phi) is 4.72. The van der Waals surface area contributed by atoms with E-state index in [1.165, 1.54) is 0 Å². The number of amides is 1. The lowest BCUT2D eigenvalue weighted by molar-refractivity contribution is -0.127. The SMILES string of the molecule is O=C(NC(CO)(CO)CO)C1CNCc2ccccc21. The van der Waals surface area contributed by atoms with Crippen LogP contribution in [0.1, 0.15) is 17.0 Å². The quantitative estimate of drug-likeness (QED) is 0.462. The molecular weight excluding hydrogens is 260 g/mol. The topological polar surface area (TPSA) is 102 Å². The lowest BCUT2D eigenvalue weighted by atomic mass is 9.89. The van der Waals surface area contributed by atoms with Crippen LogP contribution in [0.15, 0.2) is 24.3 Å². The fraction of sp³-hybridized carbons (Fsp3) is 0.500. The molecule has 1 amide bonds. The summed E-state index contributed by atoms with van der Waals surface area (Å²) in [5.74, 6) is -0.717. The van der Waals surface area contributed by atoms with Crippen LogP contribution in [0.5, 0.6) is 0 Å². The lowest BCUT2D eigenvalue weighted by Gasteiger charge is -2.32. The van der Waals surface area contributed by atoms with Crippen LogP contribution in [0, 0.1) is 0 Å². The Morgan fingerprint density at radius 1 is 1.25 bits per heavy atom. The Balaban J connectivity index is 2.19. The van der Waals surface area contributed by atoms with E-state index in [0.29, 0.717) is 13.1 Å². The van der Waals surface area contributed by atoms with E-state index in [1.54, 1.807) is 0 Å². The normalized spacial score (nSPS) is 18.4. The first-order valence-corrected chi connectivity index (χ1v) is 6.59. The molecule has 0 radical (unpaired) electrons. The van der Waals surface area contributed by atoms with Gasteiger partial charge in [-0.1, -0.05) is 24.3 Å². The Labute approximate surface area is 117 Å². The molecule has 20 heavy (non-hydrogen) atoms. The van der Waals surface area contributed by atoms with Gasteiger partial charge in [0.05, 0.1) is 25.7 Å². The third-order valence-corrected chi connectivity index (χ3v) is 3.71. The van der Waals surface area contributed by atoms with Gasteiger partial charge in [-0.2, -0.15) is 0 Å². The fourth-order valence-electron chi connectivity index (χ4n) is 2.35. The summed E-state index contributed by atoms with van der Waals surface area (Å²) in [4.78, 5) is 12.4. The standard InChI is InChI=1S/C14H20N2O4/c17-7-14(8-18,9-19)16-13(20)12-6-15-5-10-3-1-2-4-11(10)12/h1-4,12,15,17-19H,5-9H2,(H,16,20). The first kappa shape index (κ1) is 14.9. The molecule has 0 saturated heterocycles. The molecule has 2 rings (SSSR count). The summed E-state index contributed by atoms with van der Waals surface area (Å²) in [7, 11) is 0. The van der Waals surface area contributed by atoms with Gasteiger partial charge >= 0.3 is 0 Å². The van der Waals surface area contributed by atoms with Gasteiger partial charge in [0.1, 0.15) is 5.54 Å². The number of hydrogen-bond donors (Lipinski definition) is 5. The Morgan fingerprint density at radius 2 is 1.90 bits per heavy atom. The maximum atomic E-state index is 12.4. The molecule has 1 unspecified atom stereocenters. The smallest absolute Gasteiger partial charge is 0.229 e. The van der Waals surface area contributed by atoms with Crippen LogP contribution < -0.4 is 10.6 Å². The van der Waals surface area contributed by atoms with E-state index in [1.807, 2.05) is 24.3 Å². The Morgan fingerprint density at radius 3 is 2.55 bits per heavy atom. The van der Waals surface area contributed by atoms with Crippen molar-refractivity contribution < 1.29 is 20.1 Å². The summed E-state index contributed by atoms with van der Waals surface area (Å²) in [5, 5.41) is 33.5. The van der Waals surface area contributed by atoms with E-state index >= 15 is 0 Å². The van der Waals surface area contributed by atoms with Gasteiger partial charge < -0.3 is 26.0 Å². The number of aliphatic hydroxyl groups excluding tert-OH is 3. The molecule has 1 aliphatic heterocycles. The lowest BCUT2D eigenvalue weighted by Crippen LogP contribution is -2.58. The predicted octanol–water partition coefficient (Wildman–Crippen LogP) is -1.29. The number of carbonyl (C=O) groups excluding carboxylic acids is 1. The average molecular weight is 280 g/mol. The van der Waals surface area contributed by atoms with E-state index in [-0.39, 0.29) is 5.91 Å². The molecule has 1 aromatic rings. The van der Waals surface area contributed by atoms with Gasteiger partial charge in [-0.15, -0.1) is 0 Å². The van der Waals surface area contributed by atoms with Crippen molar-refractivity contribution >= 4 is 5.91 Å². The maximum absolute atomic E-state index is 12.4.